The van der Waals surface area contributed by atoms with Crippen LogP contribution in [0.2, 0.25) is 0 Å². The molecule has 102 valence electrons. The van der Waals surface area contributed by atoms with Crippen LogP contribution in [0.4, 0.5) is 0 Å². The van der Waals surface area contributed by atoms with E-state index < -0.39 is 0 Å². The zero-order chi connectivity index (χ0) is 13.4. The van der Waals surface area contributed by atoms with Crippen molar-refractivity contribution in [3.8, 4) is 11.5 Å². The molecule has 0 radical (unpaired) electrons. The maximum atomic E-state index is 5.87. The molecule has 1 aromatic carbocycles. The van der Waals surface area contributed by atoms with Crippen LogP contribution in [0.25, 0.3) is 0 Å². The third-order valence-corrected chi connectivity index (χ3v) is 2.94. The van der Waals surface area contributed by atoms with E-state index in [0.29, 0.717) is 0 Å². The van der Waals surface area contributed by atoms with E-state index in [1.54, 1.807) is 7.11 Å². The lowest BCUT2D eigenvalue weighted by molar-refractivity contribution is 0.299. The Labute approximate surface area is 110 Å². The fourth-order valence-electron chi connectivity index (χ4n) is 1.99. The number of rotatable bonds is 8. The molecule has 0 fully saturated rings. The number of nitrogens with one attached hydrogen (secondary N) is 1. The Hall–Kier alpha value is -1.22. The molecule has 1 N–H and O–H groups in total. The molecular formula is C15H25NO2. The van der Waals surface area contributed by atoms with E-state index in [1.807, 2.05) is 18.2 Å². The van der Waals surface area contributed by atoms with Gasteiger partial charge in [-0.2, -0.15) is 0 Å². The molecule has 0 amide bonds. The van der Waals surface area contributed by atoms with Gasteiger partial charge in [0.05, 0.1) is 19.3 Å². The predicted molar refractivity (Wildman–Crippen MR) is 75.5 cm³/mol. The molecule has 3 heteroatoms. The zero-order valence-electron chi connectivity index (χ0n) is 12.0. The van der Waals surface area contributed by atoms with Crippen molar-refractivity contribution in [1.82, 2.24) is 5.32 Å². The first-order valence-electron chi connectivity index (χ1n) is 6.77. The van der Waals surface area contributed by atoms with Gasteiger partial charge >= 0.3 is 0 Å². The monoisotopic (exact) mass is 251 g/mol. The highest BCUT2D eigenvalue weighted by Crippen LogP contribution is 2.34. The summed E-state index contributed by atoms with van der Waals surface area (Å²) in [7, 11) is 1.70. The Morgan fingerprint density at radius 2 is 1.94 bits per heavy atom. The molecule has 0 aliphatic heterocycles. The molecule has 0 aliphatic carbocycles. The highest BCUT2D eigenvalue weighted by Gasteiger charge is 2.16. The highest BCUT2D eigenvalue weighted by molar-refractivity contribution is 5.46. The number of unbranched alkanes of at least 4 members (excludes halogenated alkanes) is 1. The van der Waals surface area contributed by atoms with Gasteiger partial charge in [-0.3, -0.25) is 0 Å². The van der Waals surface area contributed by atoms with Gasteiger partial charge in [0, 0.05) is 6.04 Å². The largest absolute Gasteiger partial charge is 0.496 e. The molecule has 0 bridgehead atoms. The average molecular weight is 251 g/mol. The summed E-state index contributed by atoms with van der Waals surface area (Å²) in [5.74, 6) is 1.81. The summed E-state index contributed by atoms with van der Waals surface area (Å²) in [5.41, 5.74) is 1.11. The first kappa shape index (κ1) is 14.8. The molecule has 0 aromatic heterocycles. The van der Waals surface area contributed by atoms with Crippen molar-refractivity contribution in [2.45, 2.75) is 39.7 Å². The van der Waals surface area contributed by atoms with Crippen molar-refractivity contribution in [3.63, 3.8) is 0 Å². The van der Waals surface area contributed by atoms with E-state index in [4.69, 9.17) is 9.47 Å². The summed E-state index contributed by atoms with van der Waals surface area (Å²) in [6, 6.07) is 6.20. The van der Waals surface area contributed by atoms with E-state index >= 15 is 0 Å². The first-order chi connectivity index (χ1) is 8.74. The van der Waals surface area contributed by atoms with Crippen molar-refractivity contribution in [3.05, 3.63) is 23.8 Å². The van der Waals surface area contributed by atoms with E-state index in [-0.39, 0.29) is 6.04 Å². The van der Waals surface area contributed by atoms with Crippen LogP contribution in [0.5, 0.6) is 11.5 Å². The van der Waals surface area contributed by atoms with Crippen LogP contribution in [0.3, 0.4) is 0 Å². The van der Waals surface area contributed by atoms with Gasteiger partial charge in [0.2, 0.25) is 0 Å². The van der Waals surface area contributed by atoms with Crippen LogP contribution in [-0.4, -0.2) is 20.3 Å². The molecule has 0 saturated carbocycles. The molecule has 1 aromatic rings. The number of ether oxygens (including phenoxy) is 2. The van der Waals surface area contributed by atoms with Gasteiger partial charge in [0.1, 0.15) is 11.5 Å². The molecule has 18 heavy (non-hydrogen) atoms. The molecule has 0 spiro atoms. The van der Waals surface area contributed by atoms with Crippen molar-refractivity contribution in [2.24, 2.45) is 0 Å². The van der Waals surface area contributed by atoms with Gasteiger partial charge in [0.15, 0.2) is 0 Å². The van der Waals surface area contributed by atoms with Gasteiger partial charge in [-0.25, -0.2) is 0 Å². The van der Waals surface area contributed by atoms with Gasteiger partial charge in [-0.1, -0.05) is 26.3 Å². The van der Waals surface area contributed by atoms with E-state index in [2.05, 4.69) is 26.1 Å². The van der Waals surface area contributed by atoms with E-state index in [0.717, 1.165) is 43.1 Å². The zero-order valence-corrected chi connectivity index (χ0v) is 12.0. The Morgan fingerprint density at radius 3 is 2.56 bits per heavy atom. The Kier molecular flexibility index (Phi) is 6.58. The number of hydrogen-bond acceptors (Lipinski definition) is 3. The van der Waals surface area contributed by atoms with Crippen molar-refractivity contribution >= 4 is 0 Å². The summed E-state index contributed by atoms with van der Waals surface area (Å²) in [4.78, 5) is 0. The van der Waals surface area contributed by atoms with Gasteiger partial charge in [0.25, 0.3) is 0 Å². The van der Waals surface area contributed by atoms with Crippen LogP contribution < -0.4 is 14.8 Å². The van der Waals surface area contributed by atoms with Crippen LogP contribution in [0, 0.1) is 0 Å². The second-order valence-electron chi connectivity index (χ2n) is 4.35. The molecule has 1 unspecified atom stereocenters. The van der Waals surface area contributed by atoms with Gasteiger partial charge in [-0.05, 0) is 32.0 Å². The molecule has 1 rings (SSSR count). The molecule has 1 atom stereocenters. The lowest BCUT2D eigenvalue weighted by Crippen LogP contribution is -2.19. The normalized spacial score (nSPS) is 12.2. The lowest BCUT2D eigenvalue weighted by Gasteiger charge is -2.20. The maximum absolute atomic E-state index is 5.87. The number of benzene rings is 1. The molecule has 3 nitrogen and oxygen atoms in total. The first-order valence-corrected chi connectivity index (χ1v) is 6.77. The Balaban J connectivity index is 2.92. The van der Waals surface area contributed by atoms with E-state index in [1.165, 1.54) is 0 Å². The minimum atomic E-state index is 0.225. The predicted octanol–water partition coefficient (Wildman–Crippen LogP) is 3.54. The SMILES string of the molecule is CCCCOc1cccc(OC)c1C(C)NCC. The number of hydrogen-bond donors (Lipinski definition) is 1. The van der Waals surface area contributed by atoms with Crippen LogP contribution in [-0.2, 0) is 0 Å². The fourth-order valence-corrected chi connectivity index (χ4v) is 1.99. The van der Waals surface area contributed by atoms with Crippen LogP contribution in [0.15, 0.2) is 18.2 Å². The minimum Gasteiger partial charge on any atom is -0.496 e. The molecule has 0 saturated heterocycles. The van der Waals surface area contributed by atoms with Crippen molar-refractivity contribution in [1.29, 1.82) is 0 Å². The summed E-state index contributed by atoms with van der Waals surface area (Å²) in [5, 5.41) is 3.41. The Morgan fingerprint density at radius 1 is 1.22 bits per heavy atom. The van der Waals surface area contributed by atoms with E-state index in [9.17, 15) is 0 Å². The summed E-state index contributed by atoms with van der Waals surface area (Å²) < 4.78 is 11.3. The third-order valence-electron chi connectivity index (χ3n) is 2.94. The topological polar surface area (TPSA) is 30.5 Å². The average Bonchev–Trinajstić information content (AvgIpc) is 2.39. The van der Waals surface area contributed by atoms with Crippen molar-refractivity contribution in [2.75, 3.05) is 20.3 Å². The third kappa shape index (κ3) is 3.91. The maximum Gasteiger partial charge on any atom is 0.127 e. The van der Waals surface area contributed by atoms with Gasteiger partial charge < -0.3 is 14.8 Å². The molecule has 0 heterocycles. The second-order valence-corrected chi connectivity index (χ2v) is 4.35. The summed E-state index contributed by atoms with van der Waals surface area (Å²) in [6.45, 7) is 8.08. The quantitative estimate of drug-likeness (QED) is 0.717. The number of methoxy groups -OCH3 is 1. The van der Waals surface area contributed by atoms with Crippen LogP contribution in [0.1, 0.15) is 45.2 Å². The van der Waals surface area contributed by atoms with Crippen molar-refractivity contribution < 1.29 is 9.47 Å². The van der Waals surface area contributed by atoms with Gasteiger partial charge in [-0.15, -0.1) is 0 Å². The lowest BCUT2D eigenvalue weighted by atomic mass is 10.1. The smallest absolute Gasteiger partial charge is 0.127 e. The summed E-state index contributed by atoms with van der Waals surface area (Å²) in [6.07, 6.45) is 2.22. The molecular weight excluding hydrogens is 226 g/mol. The minimum absolute atomic E-state index is 0.225. The highest BCUT2D eigenvalue weighted by atomic mass is 16.5. The standard InChI is InChI=1S/C15H25NO2/c1-5-7-11-18-14-10-8-9-13(17-4)15(14)12(3)16-6-2/h8-10,12,16H,5-7,11H2,1-4H3. The summed E-state index contributed by atoms with van der Waals surface area (Å²) >= 11 is 0. The fraction of sp³-hybridized carbons (Fsp3) is 0.600. The molecule has 0 aliphatic rings. The second kappa shape index (κ2) is 7.98. The Bertz CT molecular complexity index is 352. The van der Waals surface area contributed by atoms with Crippen LogP contribution >= 0.6 is 0 Å².